The van der Waals surface area contributed by atoms with E-state index in [1.54, 1.807) is 24.5 Å². The van der Waals surface area contributed by atoms with Crippen LogP contribution in [0.4, 0.5) is 5.82 Å². The van der Waals surface area contributed by atoms with Gasteiger partial charge < -0.3 is 5.32 Å². The number of nitrogens with one attached hydrogen (secondary N) is 1. The predicted molar refractivity (Wildman–Crippen MR) is 71.2 cm³/mol. The van der Waals surface area contributed by atoms with E-state index in [1.165, 1.54) is 4.88 Å². The van der Waals surface area contributed by atoms with Gasteiger partial charge >= 0.3 is 0 Å². The third-order valence-corrected chi connectivity index (χ3v) is 3.77. The summed E-state index contributed by atoms with van der Waals surface area (Å²) in [4.78, 5) is 6.94. The van der Waals surface area contributed by atoms with Gasteiger partial charge in [-0.05, 0) is 30.7 Å². The number of thiophene rings is 1. The number of aromatic nitrogens is 1. The van der Waals surface area contributed by atoms with Gasteiger partial charge in [0.05, 0.1) is 16.1 Å². The lowest BCUT2D eigenvalue weighted by Gasteiger charge is -2.04. The molecule has 0 fully saturated rings. The zero-order valence-electron chi connectivity index (χ0n) is 9.82. The Hall–Kier alpha value is -1.86. The quantitative estimate of drug-likeness (QED) is 0.900. The summed E-state index contributed by atoms with van der Waals surface area (Å²) in [6.07, 6.45) is 1.04. The second-order valence-corrected chi connectivity index (χ2v) is 4.74. The average molecular weight is 243 g/mol. The molecule has 2 rings (SSSR count). The first kappa shape index (κ1) is 11.6. The normalized spacial score (nSPS) is 9.94. The highest BCUT2D eigenvalue weighted by atomic mass is 32.1. The van der Waals surface area contributed by atoms with Crippen LogP contribution < -0.4 is 5.32 Å². The second-order valence-electron chi connectivity index (χ2n) is 3.57. The van der Waals surface area contributed by atoms with Crippen molar-refractivity contribution in [1.29, 1.82) is 5.26 Å². The highest BCUT2D eigenvalue weighted by Crippen LogP contribution is 2.28. The maximum Gasteiger partial charge on any atom is 0.144 e. The molecule has 0 aliphatic rings. The van der Waals surface area contributed by atoms with E-state index in [0.29, 0.717) is 11.4 Å². The molecule has 0 aliphatic heterocycles. The van der Waals surface area contributed by atoms with Crippen LogP contribution in [0.2, 0.25) is 0 Å². The van der Waals surface area contributed by atoms with E-state index in [0.717, 1.165) is 17.0 Å². The SMILES string of the molecule is CCc1ccc(-c2ccc(C#N)c(NC)n2)s1. The molecule has 0 aliphatic carbocycles. The molecule has 17 heavy (non-hydrogen) atoms. The fraction of sp³-hybridized carbons (Fsp3) is 0.231. The molecule has 4 heteroatoms. The van der Waals surface area contributed by atoms with Crippen molar-refractivity contribution in [3.8, 4) is 16.6 Å². The van der Waals surface area contributed by atoms with Crippen molar-refractivity contribution in [3.63, 3.8) is 0 Å². The Morgan fingerprint density at radius 1 is 1.35 bits per heavy atom. The summed E-state index contributed by atoms with van der Waals surface area (Å²) in [6.45, 7) is 2.14. The monoisotopic (exact) mass is 243 g/mol. The molecule has 2 aromatic heterocycles. The van der Waals surface area contributed by atoms with Gasteiger partial charge in [0.1, 0.15) is 11.9 Å². The van der Waals surface area contributed by atoms with Crippen molar-refractivity contribution in [1.82, 2.24) is 4.98 Å². The minimum Gasteiger partial charge on any atom is -0.372 e. The van der Waals surface area contributed by atoms with E-state index in [9.17, 15) is 0 Å². The first-order valence-electron chi connectivity index (χ1n) is 5.46. The average Bonchev–Trinajstić information content (AvgIpc) is 2.86. The molecule has 1 N–H and O–H groups in total. The molecule has 0 radical (unpaired) electrons. The minimum absolute atomic E-state index is 0.573. The zero-order chi connectivity index (χ0) is 12.3. The summed E-state index contributed by atoms with van der Waals surface area (Å²) < 4.78 is 0. The zero-order valence-corrected chi connectivity index (χ0v) is 10.6. The number of pyridine rings is 1. The van der Waals surface area contributed by atoms with Crippen LogP contribution in [0.3, 0.4) is 0 Å². The number of anilines is 1. The summed E-state index contributed by atoms with van der Waals surface area (Å²) in [6, 6.07) is 10.0. The van der Waals surface area contributed by atoms with Crippen molar-refractivity contribution in [3.05, 3.63) is 34.7 Å². The van der Waals surface area contributed by atoms with Gasteiger partial charge in [-0.2, -0.15) is 5.26 Å². The van der Waals surface area contributed by atoms with E-state index in [2.05, 4.69) is 35.4 Å². The molecule has 2 heterocycles. The Labute approximate surface area is 105 Å². The number of nitriles is 1. The molecule has 0 bridgehead atoms. The highest BCUT2D eigenvalue weighted by Gasteiger charge is 2.07. The van der Waals surface area contributed by atoms with E-state index in [4.69, 9.17) is 5.26 Å². The van der Waals surface area contributed by atoms with Crippen LogP contribution in [0.1, 0.15) is 17.4 Å². The largest absolute Gasteiger partial charge is 0.372 e. The Morgan fingerprint density at radius 3 is 2.76 bits per heavy atom. The molecule has 2 aromatic rings. The van der Waals surface area contributed by atoms with E-state index in [-0.39, 0.29) is 0 Å². The minimum atomic E-state index is 0.573. The number of aryl methyl sites for hydroxylation is 1. The molecule has 0 saturated heterocycles. The van der Waals surface area contributed by atoms with Gasteiger partial charge in [0, 0.05) is 11.9 Å². The van der Waals surface area contributed by atoms with Crippen LogP contribution in [-0.4, -0.2) is 12.0 Å². The van der Waals surface area contributed by atoms with Gasteiger partial charge in [0.2, 0.25) is 0 Å². The molecule has 0 unspecified atom stereocenters. The van der Waals surface area contributed by atoms with Gasteiger partial charge in [-0.1, -0.05) is 6.92 Å². The molecule has 86 valence electrons. The number of hydrogen-bond donors (Lipinski definition) is 1. The summed E-state index contributed by atoms with van der Waals surface area (Å²) in [7, 11) is 1.78. The van der Waals surface area contributed by atoms with E-state index in [1.807, 2.05) is 6.07 Å². The van der Waals surface area contributed by atoms with Crippen LogP contribution in [-0.2, 0) is 6.42 Å². The van der Waals surface area contributed by atoms with Crippen molar-refractivity contribution in [2.24, 2.45) is 0 Å². The number of hydrogen-bond acceptors (Lipinski definition) is 4. The molecule has 3 nitrogen and oxygen atoms in total. The lowest BCUT2D eigenvalue weighted by Crippen LogP contribution is -1.96. The summed E-state index contributed by atoms with van der Waals surface area (Å²) in [5.41, 5.74) is 1.49. The van der Waals surface area contributed by atoms with Crippen LogP contribution in [0.5, 0.6) is 0 Å². The second kappa shape index (κ2) is 4.98. The van der Waals surface area contributed by atoms with Crippen LogP contribution in [0, 0.1) is 11.3 Å². The maximum absolute atomic E-state index is 8.93. The smallest absolute Gasteiger partial charge is 0.144 e. The maximum atomic E-state index is 8.93. The van der Waals surface area contributed by atoms with Gasteiger partial charge in [0.15, 0.2) is 0 Å². The molecular formula is C13H13N3S. The molecule has 0 saturated carbocycles. The fourth-order valence-electron chi connectivity index (χ4n) is 1.58. The lowest BCUT2D eigenvalue weighted by atomic mass is 10.2. The molecular weight excluding hydrogens is 230 g/mol. The Bertz CT molecular complexity index is 566. The lowest BCUT2D eigenvalue weighted by molar-refractivity contribution is 1.19. The molecule has 0 atom stereocenters. The number of nitrogens with zero attached hydrogens (tertiary/aromatic N) is 2. The first-order valence-corrected chi connectivity index (χ1v) is 6.28. The van der Waals surface area contributed by atoms with Gasteiger partial charge in [-0.3, -0.25) is 0 Å². The third kappa shape index (κ3) is 2.29. The van der Waals surface area contributed by atoms with E-state index < -0.39 is 0 Å². The van der Waals surface area contributed by atoms with Gasteiger partial charge in [0.25, 0.3) is 0 Å². The summed E-state index contributed by atoms with van der Waals surface area (Å²) in [5.74, 6) is 0.636. The molecule has 0 aromatic carbocycles. The molecule has 0 amide bonds. The van der Waals surface area contributed by atoms with Crippen LogP contribution in [0.15, 0.2) is 24.3 Å². The van der Waals surface area contributed by atoms with Crippen molar-refractivity contribution in [2.75, 3.05) is 12.4 Å². The Morgan fingerprint density at radius 2 is 2.18 bits per heavy atom. The van der Waals surface area contributed by atoms with Gasteiger partial charge in [-0.25, -0.2) is 4.98 Å². The van der Waals surface area contributed by atoms with Crippen LogP contribution in [0.25, 0.3) is 10.6 Å². The summed E-state index contributed by atoms with van der Waals surface area (Å²) in [5, 5.41) is 11.9. The van der Waals surface area contributed by atoms with Crippen molar-refractivity contribution >= 4 is 17.2 Å². The molecule has 0 spiro atoms. The van der Waals surface area contributed by atoms with E-state index >= 15 is 0 Å². The van der Waals surface area contributed by atoms with Crippen molar-refractivity contribution < 1.29 is 0 Å². The van der Waals surface area contributed by atoms with Crippen molar-refractivity contribution in [2.45, 2.75) is 13.3 Å². The highest BCUT2D eigenvalue weighted by molar-refractivity contribution is 7.15. The Balaban J connectivity index is 2.43. The fourth-order valence-corrected chi connectivity index (χ4v) is 2.50. The third-order valence-electron chi connectivity index (χ3n) is 2.52. The topological polar surface area (TPSA) is 48.7 Å². The standard InChI is InChI=1S/C13H13N3S/c1-3-10-5-7-12(17-10)11-6-4-9(8-14)13(15-2)16-11/h4-7H,3H2,1-2H3,(H,15,16). The first-order chi connectivity index (χ1) is 8.28. The summed E-state index contributed by atoms with van der Waals surface area (Å²) >= 11 is 1.75. The van der Waals surface area contributed by atoms with Gasteiger partial charge in [-0.15, -0.1) is 11.3 Å². The number of rotatable bonds is 3. The predicted octanol–water partition coefficient (Wildman–Crippen LogP) is 3.29. The van der Waals surface area contributed by atoms with Crippen LogP contribution >= 0.6 is 11.3 Å². The Kier molecular flexibility index (Phi) is 3.40.